The highest BCUT2D eigenvalue weighted by molar-refractivity contribution is 5.97. The van der Waals surface area contributed by atoms with Gasteiger partial charge in [-0.3, -0.25) is 9.89 Å². The Kier molecular flexibility index (Phi) is 2.63. The first-order valence-electron chi connectivity index (χ1n) is 5.22. The lowest BCUT2D eigenvalue weighted by Crippen LogP contribution is -2.49. The molecule has 0 bridgehead atoms. The second-order valence-corrected chi connectivity index (χ2v) is 4.39. The predicted molar refractivity (Wildman–Crippen MR) is 53.4 cm³/mol. The van der Waals surface area contributed by atoms with Crippen molar-refractivity contribution in [3.05, 3.63) is 17.0 Å². The molecule has 4 nitrogen and oxygen atoms in total. The van der Waals surface area contributed by atoms with Crippen molar-refractivity contribution in [1.82, 2.24) is 15.1 Å². The number of H-pyrrole nitrogens is 1. The fraction of sp³-hybridized carbons (Fsp3) is 0.600. The lowest BCUT2D eigenvalue weighted by Gasteiger charge is -2.37. The van der Waals surface area contributed by atoms with Gasteiger partial charge in [-0.05, 0) is 12.8 Å². The number of hydrogen-bond acceptors (Lipinski definition) is 2. The van der Waals surface area contributed by atoms with Crippen molar-refractivity contribution in [2.45, 2.75) is 20.0 Å². The maximum atomic E-state index is 12.6. The number of rotatable bonds is 1. The van der Waals surface area contributed by atoms with Crippen molar-refractivity contribution in [1.29, 1.82) is 0 Å². The molecule has 1 aliphatic rings. The minimum Gasteiger partial charge on any atom is -0.338 e. The first-order chi connectivity index (χ1) is 7.80. The molecule has 94 valence electrons. The number of aryl methyl sites for hydroxylation is 1. The number of aromatic nitrogens is 2. The van der Waals surface area contributed by atoms with E-state index in [4.69, 9.17) is 0 Å². The van der Waals surface area contributed by atoms with Crippen LogP contribution in [0.25, 0.3) is 0 Å². The van der Waals surface area contributed by atoms with Gasteiger partial charge in [-0.1, -0.05) is 6.92 Å². The summed E-state index contributed by atoms with van der Waals surface area (Å²) in [6.45, 7) is 4.36. The molecule has 0 unspecified atom stereocenters. The van der Waals surface area contributed by atoms with E-state index in [2.05, 4.69) is 10.2 Å². The zero-order chi connectivity index (χ0) is 12.8. The normalized spacial score (nSPS) is 17.1. The SMILES string of the molecule is Cc1[nH]nc(C(F)(F)F)c1C(=O)N1CC(C)C1. The number of alkyl halides is 3. The molecule has 0 atom stereocenters. The number of carbonyl (C=O) groups excluding carboxylic acids is 1. The molecular formula is C10H12F3N3O. The zero-order valence-electron chi connectivity index (χ0n) is 9.43. The molecule has 0 radical (unpaired) electrons. The molecule has 0 spiro atoms. The Morgan fingerprint density at radius 3 is 2.53 bits per heavy atom. The lowest BCUT2D eigenvalue weighted by molar-refractivity contribution is -0.141. The van der Waals surface area contributed by atoms with Gasteiger partial charge in [0.2, 0.25) is 0 Å². The molecule has 17 heavy (non-hydrogen) atoms. The highest BCUT2D eigenvalue weighted by atomic mass is 19.4. The van der Waals surface area contributed by atoms with Gasteiger partial charge in [-0.2, -0.15) is 18.3 Å². The first-order valence-corrected chi connectivity index (χ1v) is 5.22. The quantitative estimate of drug-likeness (QED) is 0.823. The largest absolute Gasteiger partial charge is 0.435 e. The van der Waals surface area contributed by atoms with Gasteiger partial charge in [-0.25, -0.2) is 0 Å². The van der Waals surface area contributed by atoms with E-state index in [0.29, 0.717) is 19.0 Å². The fourth-order valence-electron chi connectivity index (χ4n) is 1.92. The molecule has 1 aliphatic heterocycles. The van der Waals surface area contributed by atoms with Crippen LogP contribution < -0.4 is 0 Å². The van der Waals surface area contributed by atoms with Gasteiger partial charge in [0.1, 0.15) is 0 Å². The van der Waals surface area contributed by atoms with Crippen LogP contribution in [0.3, 0.4) is 0 Å². The van der Waals surface area contributed by atoms with E-state index in [1.54, 1.807) is 0 Å². The van der Waals surface area contributed by atoms with E-state index < -0.39 is 17.8 Å². The van der Waals surface area contributed by atoms with Gasteiger partial charge in [-0.15, -0.1) is 0 Å². The number of nitrogens with one attached hydrogen (secondary N) is 1. The molecule has 1 aromatic heterocycles. The Morgan fingerprint density at radius 1 is 1.47 bits per heavy atom. The second kappa shape index (κ2) is 3.75. The van der Waals surface area contributed by atoms with Crippen LogP contribution in [0.2, 0.25) is 0 Å². The summed E-state index contributed by atoms with van der Waals surface area (Å²) in [6, 6.07) is 0. The van der Waals surface area contributed by atoms with Gasteiger partial charge in [0.15, 0.2) is 5.69 Å². The molecule has 0 aromatic carbocycles. The molecular weight excluding hydrogens is 235 g/mol. The standard InChI is InChI=1S/C10H12F3N3O/c1-5-3-16(4-5)9(17)7-6(2)14-15-8(7)10(11,12)13/h5H,3-4H2,1-2H3,(H,14,15). The number of halogens is 3. The van der Waals surface area contributed by atoms with Gasteiger partial charge < -0.3 is 4.90 Å². The minimum atomic E-state index is -4.60. The summed E-state index contributed by atoms with van der Waals surface area (Å²) in [7, 11) is 0. The molecule has 1 saturated heterocycles. The van der Waals surface area contributed by atoms with E-state index in [9.17, 15) is 18.0 Å². The maximum absolute atomic E-state index is 12.6. The summed E-state index contributed by atoms with van der Waals surface area (Å²) in [6.07, 6.45) is -4.60. The Labute approximate surface area is 95.8 Å². The third-order valence-corrected chi connectivity index (χ3v) is 2.78. The number of aromatic amines is 1. The van der Waals surface area contributed by atoms with E-state index in [-0.39, 0.29) is 11.3 Å². The Bertz CT molecular complexity index is 446. The van der Waals surface area contributed by atoms with Crippen LogP contribution >= 0.6 is 0 Å². The Hall–Kier alpha value is -1.53. The number of hydrogen-bond donors (Lipinski definition) is 1. The number of nitrogens with zero attached hydrogens (tertiary/aromatic N) is 2. The number of likely N-dealkylation sites (tertiary alicyclic amines) is 1. The molecule has 0 saturated carbocycles. The highest BCUT2D eigenvalue weighted by Crippen LogP contribution is 2.33. The zero-order valence-corrected chi connectivity index (χ0v) is 9.43. The van der Waals surface area contributed by atoms with Crippen LogP contribution in [0.15, 0.2) is 0 Å². The van der Waals surface area contributed by atoms with Crippen LogP contribution in [0, 0.1) is 12.8 Å². The Morgan fingerprint density at radius 2 is 2.06 bits per heavy atom. The Balaban J connectivity index is 2.31. The van der Waals surface area contributed by atoms with Gasteiger partial charge in [0.25, 0.3) is 5.91 Å². The monoisotopic (exact) mass is 247 g/mol. The predicted octanol–water partition coefficient (Wildman–Crippen LogP) is 1.83. The molecule has 0 aliphatic carbocycles. The highest BCUT2D eigenvalue weighted by Gasteiger charge is 2.41. The van der Waals surface area contributed by atoms with Crippen LogP contribution in [0.1, 0.15) is 28.7 Å². The first kappa shape index (κ1) is 11.9. The summed E-state index contributed by atoms with van der Waals surface area (Å²) < 4.78 is 37.9. The van der Waals surface area contributed by atoms with Crippen LogP contribution in [0.5, 0.6) is 0 Å². The van der Waals surface area contributed by atoms with E-state index in [1.165, 1.54) is 11.8 Å². The van der Waals surface area contributed by atoms with Crippen molar-refractivity contribution in [3.8, 4) is 0 Å². The van der Waals surface area contributed by atoms with E-state index in [1.807, 2.05) is 6.92 Å². The third-order valence-electron chi connectivity index (χ3n) is 2.78. The molecule has 1 N–H and O–H groups in total. The van der Waals surface area contributed by atoms with E-state index >= 15 is 0 Å². The van der Waals surface area contributed by atoms with Crippen molar-refractivity contribution >= 4 is 5.91 Å². The summed E-state index contributed by atoms with van der Waals surface area (Å²) in [5.41, 5.74) is -1.33. The van der Waals surface area contributed by atoms with Gasteiger partial charge in [0.05, 0.1) is 5.56 Å². The molecule has 7 heteroatoms. The average molecular weight is 247 g/mol. The summed E-state index contributed by atoms with van der Waals surface area (Å²) in [5.74, 6) is -0.248. The third kappa shape index (κ3) is 2.01. The van der Waals surface area contributed by atoms with Gasteiger partial charge in [0, 0.05) is 18.8 Å². The number of carbonyl (C=O) groups is 1. The summed E-state index contributed by atoms with van der Waals surface area (Å²) in [5, 5.41) is 5.39. The summed E-state index contributed by atoms with van der Waals surface area (Å²) >= 11 is 0. The van der Waals surface area contributed by atoms with Crippen molar-refractivity contribution in [2.24, 2.45) is 5.92 Å². The average Bonchev–Trinajstić information content (AvgIpc) is 2.53. The second-order valence-electron chi connectivity index (χ2n) is 4.39. The lowest BCUT2D eigenvalue weighted by atomic mass is 10.0. The minimum absolute atomic E-state index is 0.155. The van der Waals surface area contributed by atoms with Crippen molar-refractivity contribution in [2.75, 3.05) is 13.1 Å². The van der Waals surface area contributed by atoms with Crippen LogP contribution in [-0.4, -0.2) is 34.1 Å². The molecule has 1 fully saturated rings. The van der Waals surface area contributed by atoms with Gasteiger partial charge >= 0.3 is 6.18 Å². The molecule has 2 heterocycles. The smallest absolute Gasteiger partial charge is 0.338 e. The van der Waals surface area contributed by atoms with Crippen molar-refractivity contribution < 1.29 is 18.0 Å². The topological polar surface area (TPSA) is 49.0 Å². The van der Waals surface area contributed by atoms with Crippen LogP contribution in [0.4, 0.5) is 13.2 Å². The van der Waals surface area contributed by atoms with Crippen molar-refractivity contribution in [3.63, 3.8) is 0 Å². The maximum Gasteiger partial charge on any atom is 0.435 e. The fourth-order valence-corrected chi connectivity index (χ4v) is 1.92. The molecule has 2 rings (SSSR count). The number of amides is 1. The molecule has 1 amide bonds. The van der Waals surface area contributed by atoms with E-state index in [0.717, 1.165) is 0 Å². The summed E-state index contributed by atoms with van der Waals surface area (Å²) in [4.78, 5) is 13.3. The van der Waals surface area contributed by atoms with Crippen LogP contribution in [-0.2, 0) is 6.18 Å². The molecule has 1 aromatic rings.